The maximum absolute atomic E-state index is 13.1. The summed E-state index contributed by atoms with van der Waals surface area (Å²) in [6, 6.07) is 5.23. The summed E-state index contributed by atoms with van der Waals surface area (Å²) in [6.07, 6.45) is -11.2. The van der Waals surface area contributed by atoms with Crippen molar-refractivity contribution < 1.29 is 50.1 Å². The number of hydrogen-bond acceptors (Lipinski definition) is 5. The lowest BCUT2D eigenvalue weighted by Crippen LogP contribution is -2.53. The third kappa shape index (κ3) is 4.22. The molecule has 5 nitrogen and oxygen atoms in total. The van der Waals surface area contributed by atoms with Crippen molar-refractivity contribution in [1.82, 2.24) is 0 Å². The van der Waals surface area contributed by atoms with Crippen LogP contribution in [0.4, 0.5) is 26.3 Å². The molecule has 1 aromatic carbocycles. The molecule has 0 aliphatic heterocycles. The summed E-state index contributed by atoms with van der Waals surface area (Å²) in [7, 11) is 1.49. The third-order valence-corrected chi connectivity index (χ3v) is 7.77. The number of hydrogen-bond donors (Lipinski definition) is 0. The number of halogens is 6. The monoisotopic (exact) mass is 494 g/mol. The molecular weight excluding hydrogens is 470 g/mol. The van der Waals surface area contributed by atoms with Crippen molar-refractivity contribution >= 4 is 11.9 Å². The molecule has 2 fully saturated rings. The Kier molecular flexibility index (Phi) is 6.05. The van der Waals surface area contributed by atoms with Crippen molar-refractivity contribution in [3.05, 3.63) is 29.3 Å². The van der Waals surface area contributed by atoms with Gasteiger partial charge in [0.05, 0.1) is 7.11 Å². The molecule has 0 heterocycles. The summed E-state index contributed by atoms with van der Waals surface area (Å²) in [5, 5.41) is 0. The predicted molar refractivity (Wildman–Crippen MR) is 105 cm³/mol. The number of aryl methyl sites for hydroxylation is 1. The lowest BCUT2D eigenvalue weighted by Gasteiger charge is -2.53. The Morgan fingerprint density at radius 2 is 1.62 bits per heavy atom. The van der Waals surface area contributed by atoms with Gasteiger partial charge in [-0.15, -0.1) is 0 Å². The molecule has 0 N–H and O–H groups in total. The molecule has 6 unspecified atom stereocenters. The van der Waals surface area contributed by atoms with E-state index in [9.17, 15) is 35.9 Å². The Balaban J connectivity index is 1.71. The van der Waals surface area contributed by atoms with E-state index in [0.29, 0.717) is 25.0 Å². The molecule has 3 aliphatic carbocycles. The normalized spacial score (nSPS) is 32.8. The summed E-state index contributed by atoms with van der Waals surface area (Å²) >= 11 is 0. The fraction of sp³-hybridized carbons (Fsp3) is 0.652. The van der Waals surface area contributed by atoms with Crippen LogP contribution in [0.1, 0.15) is 49.7 Å². The van der Waals surface area contributed by atoms with Crippen LogP contribution in [-0.4, -0.2) is 43.6 Å². The van der Waals surface area contributed by atoms with Gasteiger partial charge in [0.1, 0.15) is 18.0 Å². The van der Waals surface area contributed by atoms with Crippen LogP contribution in [0, 0.1) is 17.3 Å². The number of esters is 2. The van der Waals surface area contributed by atoms with Crippen molar-refractivity contribution in [2.24, 2.45) is 17.3 Å². The molecule has 0 amide bonds. The fourth-order valence-electron chi connectivity index (χ4n) is 6.39. The molecule has 2 saturated carbocycles. The van der Waals surface area contributed by atoms with Crippen molar-refractivity contribution in [2.45, 2.75) is 69.5 Å². The van der Waals surface area contributed by atoms with Crippen LogP contribution in [0.2, 0.25) is 0 Å². The smallest absolute Gasteiger partial charge is 0.490 e. The van der Waals surface area contributed by atoms with Gasteiger partial charge in [0.15, 0.2) is 0 Å². The first-order valence-electron chi connectivity index (χ1n) is 11.0. The molecule has 188 valence electrons. The fourth-order valence-corrected chi connectivity index (χ4v) is 6.39. The van der Waals surface area contributed by atoms with Crippen LogP contribution in [0.3, 0.4) is 0 Å². The van der Waals surface area contributed by atoms with Crippen LogP contribution >= 0.6 is 0 Å². The number of alkyl halides is 6. The van der Waals surface area contributed by atoms with Gasteiger partial charge >= 0.3 is 24.3 Å². The minimum Gasteiger partial charge on any atom is -0.497 e. The molecule has 0 aromatic heterocycles. The van der Waals surface area contributed by atoms with Gasteiger partial charge in [0.25, 0.3) is 0 Å². The second-order valence-corrected chi connectivity index (χ2v) is 9.52. The van der Waals surface area contributed by atoms with E-state index in [1.165, 1.54) is 7.11 Å². The first kappa shape index (κ1) is 24.7. The molecular formula is C23H24F6O5. The number of ether oxygens (including phenoxy) is 3. The molecule has 11 heteroatoms. The van der Waals surface area contributed by atoms with Crippen molar-refractivity contribution in [3.63, 3.8) is 0 Å². The largest absolute Gasteiger partial charge is 0.497 e. The Labute approximate surface area is 191 Å². The zero-order valence-electron chi connectivity index (χ0n) is 18.5. The minimum absolute atomic E-state index is 0.151. The van der Waals surface area contributed by atoms with Gasteiger partial charge in [0, 0.05) is 11.3 Å². The van der Waals surface area contributed by atoms with E-state index >= 15 is 0 Å². The highest BCUT2D eigenvalue weighted by Crippen LogP contribution is 2.62. The first-order chi connectivity index (χ1) is 15.8. The number of methoxy groups -OCH3 is 1. The minimum atomic E-state index is -5.22. The molecule has 4 rings (SSSR count). The number of carbonyl (C=O) groups excluding carboxylic acids is 2. The van der Waals surface area contributed by atoms with Crippen molar-refractivity contribution in [3.8, 4) is 5.75 Å². The van der Waals surface area contributed by atoms with E-state index in [-0.39, 0.29) is 24.7 Å². The molecule has 1 aromatic rings. The highest BCUT2D eigenvalue weighted by atomic mass is 19.4. The number of benzene rings is 1. The SMILES string of the molecule is COc1ccc2c(c1)CCC1C2C(OC(=O)C(F)(F)F)CC2(C)C(OC(=O)C(F)(F)F)CCC12. The standard InChI is InChI=1S/C23H24F6O5/c1-21-10-16(33-19(30)22(24,25)26)18-13-6-4-12(32-2)9-11(13)3-5-14(18)15(21)7-8-17(21)34-20(31)23(27,28)29/h4,6,9,14-18H,3,5,7-8,10H2,1-2H3. The second-order valence-electron chi connectivity index (χ2n) is 9.52. The van der Waals surface area contributed by atoms with Gasteiger partial charge in [-0.2, -0.15) is 26.3 Å². The summed E-state index contributed by atoms with van der Waals surface area (Å²) in [5.74, 6) is -5.11. The Morgan fingerprint density at radius 1 is 0.971 bits per heavy atom. The average Bonchev–Trinajstić information content (AvgIpc) is 3.07. The van der Waals surface area contributed by atoms with E-state index in [0.717, 1.165) is 11.1 Å². The molecule has 0 spiro atoms. The summed E-state index contributed by atoms with van der Waals surface area (Å²) in [4.78, 5) is 23.3. The molecule has 3 aliphatic rings. The maximum Gasteiger partial charge on any atom is 0.490 e. The van der Waals surface area contributed by atoms with Gasteiger partial charge in [0.2, 0.25) is 0 Å². The first-order valence-corrected chi connectivity index (χ1v) is 11.0. The molecule has 0 bridgehead atoms. The third-order valence-electron chi connectivity index (χ3n) is 7.77. The second kappa shape index (κ2) is 8.34. The molecule has 0 saturated heterocycles. The van der Waals surface area contributed by atoms with Gasteiger partial charge in [-0.3, -0.25) is 0 Å². The predicted octanol–water partition coefficient (Wildman–Crippen LogP) is 5.11. The van der Waals surface area contributed by atoms with Gasteiger partial charge in [-0.05, 0) is 67.2 Å². The highest BCUT2D eigenvalue weighted by Gasteiger charge is 2.61. The number of fused-ring (bicyclic) bond motifs is 5. The quantitative estimate of drug-likeness (QED) is 0.432. The summed E-state index contributed by atoms with van der Waals surface area (Å²) < 4.78 is 92.8. The Bertz CT molecular complexity index is 974. The lowest BCUT2D eigenvalue weighted by molar-refractivity contribution is -0.220. The average molecular weight is 494 g/mol. The highest BCUT2D eigenvalue weighted by molar-refractivity contribution is 5.76. The van der Waals surface area contributed by atoms with E-state index in [4.69, 9.17) is 14.2 Å². The number of carbonyl (C=O) groups is 2. The van der Waals surface area contributed by atoms with E-state index in [2.05, 4.69) is 0 Å². The molecule has 6 atom stereocenters. The zero-order valence-corrected chi connectivity index (χ0v) is 18.5. The van der Waals surface area contributed by atoms with Gasteiger partial charge in [-0.1, -0.05) is 13.0 Å². The van der Waals surface area contributed by atoms with Crippen LogP contribution in [-0.2, 0) is 25.5 Å². The van der Waals surface area contributed by atoms with Crippen LogP contribution in [0.5, 0.6) is 5.75 Å². The van der Waals surface area contributed by atoms with Crippen LogP contribution in [0.25, 0.3) is 0 Å². The van der Waals surface area contributed by atoms with E-state index in [1.54, 1.807) is 25.1 Å². The summed E-state index contributed by atoms with van der Waals surface area (Å²) in [6.45, 7) is 1.62. The Hall–Kier alpha value is -2.46. The Morgan fingerprint density at radius 3 is 2.24 bits per heavy atom. The molecule has 0 radical (unpaired) electrons. The van der Waals surface area contributed by atoms with Crippen molar-refractivity contribution in [2.75, 3.05) is 7.11 Å². The van der Waals surface area contributed by atoms with Gasteiger partial charge in [-0.25, -0.2) is 9.59 Å². The molecule has 34 heavy (non-hydrogen) atoms. The summed E-state index contributed by atoms with van der Waals surface area (Å²) in [5.41, 5.74) is 0.549. The lowest BCUT2D eigenvalue weighted by atomic mass is 9.54. The topological polar surface area (TPSA) is 61.8 Å². The van der Waals surface area contributed by atoms with Crippen LogP contribution in [0.15, 0.2) is 18.2 Å². The van der Waals surface area contributed by atoms with E-state index in [1.807, 2.05) is 0 Å². The van der Waals surface area contributed by atoms with Crippen LogP contribution < -0.4 is 4.74 Å². The van der Waals surface area contributed by atoms with Crippen molar-refractivity contribution in [1.29, 1.82) is 0 Å². The van der Waals surface area contributed by atoms with E-state index < -0.39 is 47.8 Å². The number of rotatable bonds is 3. The maximum atomic E-state index is 13.1. The zero-order chi connectivity index (χ0) is 25.1. The van der Waals surface area contributed by atoms with Gasteiger partial charge < -0.3 is 14.2 Å².